The number of aromatic nitrogens is 2. The summed E-state index contributed by atoms with van der Waals surface area (Å²) < 4.78 is 14.8. The van der Waals surface area contributed by atoms with Crippen molar-refractivity contribution in [3.05, 3.63) is 75.0 Å². The summed E-state index contributed by atoms with van der Waals surface area (Å²) in [5.74, 6) is 0.268. The summed E-state index contributed by atoms with van der Waals surface area (Å²) in [4.78, 5) is 19.7. The Morgan fingerprint density at radius 2 is 1.89 bits per heavy atom. The zero-order chi connectivity index (χ0) is 19.4. The van der Waals surface area contributed by atoms with Gasteiger partial charge < -0.3 is 4.90 Å². The number of rotatable bonds is 6. The molecule has 0 aliphatic heterocycles. The number of hydrogen-bond donors (Lipinski definition) is 0. The van der Waals surface area contributed by atoms with Crippen LogP contribution in [0.2, 0.25) is 5.02 Å². The molecule has 0 spiro atoms. The summed E-state index contributed by atoms with van der Waals surface area (Å²) in [5, 5.41) is 1.08. The molecule has 0 saturated heterocycles. The molecule has 1 heterocycles. The van der Waals surface area contributed by atoms with Crippen LogP contribution in [0.25, 0.3) is 23.1 Å². The van der Waals surface area contributed by atoms with Crippen molar-refractivity contribution in [2.24, 2.45) is 0 Å². The fourth-order valence-corrected chi connectivity index (χ4v) is 3.01. The van der Waals surface area contributed by atoms with Crippen LogP contribution in [0.3, 0.4) is 0 Å². The summed E-state index contributed by atoms with van der Waals surface area (Å²) >= 11 is 6.06. The molecule has 0 unspecified atom stereocenters. The van der Waals surface area contributed by atoms with Crippen molar-refractivity contribution >= 4 is 34.7 Å². The van der Waals surface area contributed by atoms with E-state index in [0.29, 0.717) is 28.3 Å². The van der Waals surface area contributed by atoms with Gasteiger partial charge in [0.25, 0.3) is 5.56 Å². The molecule has 0 radical (unpaired) electrons. The summed E-state index contributed by atoms with van der Waals surface area (Å²) in [6.45, 7) is 1.43. The molecule has 0 N–H and O–H groups in total. The van der Waals surface area contributed by atoms with E-state index in [1.807, 2.05) is 20.2 Å². The second kappa shape index (κ2) is 8.46. The van der Waals surface area contributed by atoms with Gasteiger partial charge in [-0.2, -0.15) is 0 Å². The third-order valence-corrected chi connectivity index (χ3v) is 4.46. The molecule has 27 heavy (non-hydrogen) atoms. The Bertz CT molecular complexity index is 1030. The Hall–Kier alpha value is -2.50. The molecule has 0 amide bonds. The van der Waals surface area contributed by atoms with Crippen LogP contribution >= 0.6 is 11.6 Å². The van der Waals surface area contributed by atoms with Crippen molar-refractivity contribution in [3.8, 4) is 0 Å². The molecular formula is C21H21ClFN3O. The van der Waals surface area contributed by atoms with Gasteiger partial charge in [-0.15, -0.1) is 0 Å². The fourth-order valence-electron chi connectivity index (χ4n) is 2.84. The Balaban J connectivity index is 2.04. The molecule has 0 fully saturated rings. The normalized spacial score (nSPS) is 11.7. The van der Waals surface area contributed by atoms with Gasteiger partial charge in [0.2, 0.25) is 0 Å². The highest BCUT2D eigenvalue weighted by atomic mass is 35.5. The first-order valence-electron chi connectivity index (χ1n) is 8.72. The average Bonchev–Trinajstić information content (AvgIpc) is 2.63. The Morgan fingerprint density at radius 1 is 1.15 bits per heavy atom. The first-order valence-corrected chi connectivity index (χ1v) is 9.10. The van der Waals surface area contributed by atoms with E-state index in [4.69, 9.17) is 11.6 Å². The molecule has 0 bridgehead atoms. The summed E-state index contributed by atoms with van der Waals surface area (Å²) in [5.41, 5.74) is 1.31. The molecule has 3 aromatic rings. The molecular weight excluding hydrogens is 365 g/mol. The lowest BCUT2D eigenvalue weighted by Gasteiger charge is -2.13. The van der Waals surface area contributed by atoms with Crippen LogP contribution < -0.4 is 5.56 Å². The van der Waals surface area contributed by atoms with E-state index in [-0.39, 0.29) is 11.4 Å². The standard InChI is InChI=1S/C21H21ClFN3O/c1-25(2)12-3-13-26-20(11-6-15-4-8-17(23)9-5-15)24-19-14-16(22)7-10-18(19)21(26)27/h4-11,14H,3,12-13H2,1-2H3/b11-6+. The first kappa shape index (κ1) is 19.3. The lowest BCUT2D eigenvalue weighted by molar-refractivity contribution is 0.384. The Labute approximate surface area is 162 Å². The predicted molar refractivity (Wildman–Crippen MR) is 110 cm³/mol. The van der Waals surface area contributed by atoms with Crippen LogP contribution in [0.15, 0.2) is 47.3 Å². The quantitative estimate of drug-likeness (QED) is 0.634. The molecule has 6 heteroatoms. The maximum Gasteiger partial charge on any atom is 0.261 e. The zero-order valence-corrected chi connectivity index (χ0v) is 16.1. The van der Waals surface area contributed by atoms with Gasteiger partial charge in [-0.05, 0) is 69.0 Å². The maximum atomic E-state index is 13.1. The summed E-state index contributed by atoms with van der Waals surface area (Å²) in [6.07, 6.45) is 4.43. The number of halogens is 2. The van der Waals surface area contributed by atoms with E-state index >= 15 is 0 Å². The van der Waals surface area contributed by atoms with Crippen molar-refractivity contribution < 1.29 is 4.39 Å². The van der Waals surface area contributed by atoms with Crippen LogP contribution in [0.5, 0.6) is 0 Å². The monoisotopic (exact) mass is 385 g/mol. The van der Waals surface area contributed by atoms with Crippen molar-refractivity contribution in [2.75, 3.05) is 20.6 Å². The highest BCUT2D eigenvalue weighted by molar-refractivity contribution is 6.31. The second-order valence-electron chi connectivity index (χ2n) is 6.63. The van der Waals surface area contributed by atoms with Crippen molar-refractivity contribution in [1.82, 2.24) is 14.5 Å². The van der Waals surface area contributed by atoms with E-state index in [2.05, 4.69) is 9.88 Å². The predicted octanol–water partition coefficient (Wildman–Crippen LogP) is 4.31. The lowest BCUT2D eigenvalue weighted by atomic mass is 10.2. The smallest absolute Gasteiger partial charge is 0.261 e. The lowest BCUT2D eigenvalue weighted by Crippen LogP contribution is -2.26. The van der Waals surface area contributed by atoms with Crippen LogP contribution in [0.4, 0.5) is 4.39 Å². The van der Waals surface area contributed by atoms with Crippen molar-refractivity contribution in [3.63, 3.8) is 0 Å². The highest BCUT2D eigenvalue weighted by Crippen LogP contribution is 2.17. The number of fused-ring (bicyclic) bond motifs is 1. The first-order chi connectivity index (χ1) is 12.9. The molecule has 140 valence electrons. The molecule has 4 nitrogen and oxygen atoms in total. The van der Waals surface area contributed by atoms with E-state index in [9.17, 15) is 9.18 Å². The van der Waals surface area contributed by atoms with Crippen molar-refractivity contribution in [2.45, 2.75) is 13.0 Å². The number of hydrogen-bond acceptors (Lipinski definition) is 3. The van der Waals surface area contributed by atoms with Gasteiger partial charge in [0, 0.05) is 11.6 Å². The summed E-state index contributed by atoms with van der Waals surface area (Å²) in [7, 11) is 4.00. The largest absolute Gasteiger partial charge is 0.309 e. The molecule has 0 atom stereocenters. The van der Waals surface area contributed by atoms with Gasteiger partial charge in [-0.1, -0.05) is 29.8 Å². The van der Waals surface area contributed by atoms with Gasteiger partial charge in [0.15, 0.2) is 0 Å². The molecule has 0 saturated carbocycles. The molecule has 0 aliphatic rings. The average molecular weight is 386 g/mol. The topological polar surface area (TPSA) is 38.1 Å². The molecule has 1 aromatic heterocycles. The van der Waals surface area contributed by atoms with Gasteiger partial charge in [-0.3, -0.25) is 9.36 Å². The third kappa shape index (κ3) is 4.81. The van der Waals surface area contributed by atoms with E-state index < -0.39 is 0 Å². The zero-order valence-electron chi connectivity index (χ0n) is 15.3. The SMILES string of the molecule is CN(C)CCCn1c(/C=C/c2ccc(F)cc2)nc2cc(Cl)ccc2c1=O. The van der Waals surface area contributed by atoms with E-state index in [0.717, 1.165) is 18.5 Å². The van der Waals surface area contributed by atoms with Crippen LogP contribution in [0, 0.1) is 5.82 Å². The molecule has 3 rings (SSSR count). The van der Waals surface area contributed by atoms with Gasteiger partial charge in [-0.25, -0.2) is 9.37 Å². The third-order valence-electron chi connectivity index (χ3n) is 4.23. The Morgan fingerprint density at radius 3 is 2.59 bits per heavy atom. The Kier molecular flexibility index (Phi) is 6.04. The van der Waals surface area contributed by atoms with Gasteiger partial charge in [0.1, 0.15) is 11.6 Å². The molecule has 0 aliphatic carbocycles. The van der Waals surface area contributed by atoms with Gasteiger partial charge >= 0.3 is 0 Å². The number of benzene rings is 2. The van der Waals surface area contributed by atoms with E-state index in [1.165, 1.54) is 12.1 Å². The van der Waals surface area contributed by atoms with Crippen LogP contribution in [-0.2, 0) is 6.54 Å². The minimum atomic E-state index is -0.286. The number of nitrogens with zero attached hydrogens (tertiary/aromatic N) is 3. The van der Waals surface area contributed by atoms with Gasteiger partial charge in [0.05, 0.1) is 10.9 Å². The second-order valence-corrected chi connectivity index (χ2v) is 7.07. The minimum Gasteiger partial charge on any atom is -0.309 e. The van der Waals surface area contributed by atoms with Crippen LogP contribution in [-0.4, -0.2) is 35.1 Å². The van der Waals surface area contributed by atoms with E-state index in [1.54, 1.807) is 41.0 Å². The minimum absolute atomic E-state index is 0.0887. The maximum absolute atomic E-state index is 13.1. The summed E-state index contributed by atoms with van der Waals surface area (Å²) in [6, 6.07) is 11.3. The van der Waals surface area contributed by atoms with Crippen LogP contribution in [0.1, 0.15) is 17.8 Å². The van der Waals surface area contributed by atoms with Crippen molar-refractivity contribution in [1.29, 1.82) is 0 Å². The molecule has 2 aromatic carbocycles. The fraction of sp³-hybridized carbons (Fsp3) is 0.238. The highest BCUT2D eigenvalue weighted by Gasteiger charge is 2.10.